The van der Waals surface area contributed by atoms with Gasteiger partial charge in [0.15, 0.2) is 0 Å². The SMILES string of the molecule is CC(C)C(C)N(C)c1cc(Cl)c(Cl)cc1N. The molecule has 1 aromatic carbocycles. The van der Waals surface area contributed by atoms with Gasteiger partial charge in [-0.3, -0.25) is 0 Å². The Hall–Kier alpha value is -0.600. The van der Waals surface area contributed by atoms with Gasteiger partial charge in [-0.25, -0.2) is 0 Å². The second kappa shape index (κ2) is 5.15. The Morgan fingerprint density at radius 1 is 1.12 bits per heavy atom. The van der Waals surface area contributed by atoms with Crippen LogP contribution in [0.25, 0.3) is 0 Å². The van der Waals surface area contributed by atoms with Gasteiger partial charge in [0.2, 0.25) is 0 Å². The summed E-state index contributed by atoms with van der Waals surface area (Å²) in [5, 5.41) is 1.03. The molecule has 0 radical (unpaired) electrons. The maximum absolute atomic E-state index is 6.00. The van der Waals surface area contributed by atoms with Crippen LogP contribution in [-0.2, 0) is 0 Å². The van der Waals surface area contributed by atoms with E-state index in [1.165, 1.54) is 0 Å². The van der Waals surface area contributed by atoms with Crippen LogP contribution in [0, 0.1) is 5.92 Å². The molecule has 16 heavy (non-hydrogen) atoms. The lowest BCUT2D eigenvalue weighted by Crippen LogP contribution is -2.33. The van der Waals surface area contributed by atoms with Gasteiger partial charge in [-0.2, -0.15) is 0 Å². The first-order valence-electron chi connectivity index (χ1n) is 5.32. The zero-order valence-electron chi connectivity index (χ0n) is 10.1. The fourth-order valence-corrected chi connectivity index (χ4v) is 1.85. The van der Waals surface area contributed by atoms with Crippen molar-refractivity contribution >= 4 is 34.6 Å². The summed E-state index contributed by atoms with van der Waals surface area (Å²) in [6, 6.07) is 3.90. The van der Waals surface area contributed by atoms with E-state index in [1.807, 2.05) is 13.1 Å². The molecule has 0 saturated carbocycles. The first-order valence-corrected chi connectivity index (χ1v) is 6.07. The number of rotatable bonds is 3. The highest BCUT2D eigenvalue weighted by Gasteiger charge is 2.16. The Morgan fingerprint density at radius 2 is 1.62 bits per heavy atom. The number of hydrogen-bond donors (Lipinski definition) is 1. The smallest absolute Gasteiger partial charge is 0.0615 e. The highest BCUT2D eigenvalue weighted by Crippen LogP contribution is 2.34. The molecule has 0 bridgehead atoms. The number of nitrogens with two attached hydrogens (primary N) is 1. The molecule has 0 aromatic heterocycles. The van der Waals surface area contributed by atoms with Gasteiger partial charge in [-0.05, 0) is 25.0 Å². The second-order valence-corrected chi connectivity index (χ2v) is 5.24. The van der Waals surface area contributed by atoms with Crippen LogP contribution in [0.5, 0.6) is 0 Å². The molecule has 2 nitrogen and oxygen atoms in total. The van der Waals surface area contributed by atoms with Crippen molar-refractivity contribution in [2.45, 2.75) is 26.8 Å². The third-order valence-corrected chi connectivity index (χ3v) is 3.75. The quantitative estimate of drug-likeness (QED) is 0.831. The van der Waals surface area contributed by atoms with Crippen LogP contribution in [0.15, 0.2) is 12.1 Å². The van der Waals surface area contributed by atoms with Crippen LogP contribution in [0.3, 0.4) is 0 Å². The van der Waals surface area contributed by atoms with Gasteiger partial charge >= 0.3 is 0 Å². The third kappa shape index (κ3) is 2.74. The Kier molecular flexibility index (Phi) is 4.34. The summed E-state index contributed by atoms with van der Waals surface area (Å²) in [4.78, 5) is 2.13. The fourth-order valence-electron chi connectivity index (χ4n) is 1.52. The fraction of sp³-hybridized carbons (Fsp3) is 0.500. The number of benzene rings is 1. The third-order valence-electron chi connectivity index (χ3n) is 3.03. The molecule has 1 atom stereocenters. The van der Waals surface area contributed by atoms with Crippen molar-refractivity contribution in [3.63, 3.8) is 0 Å². The normalized spacial score (nSPS) is 12.9. The molecular formula is C12H18Cl2N2. The number of nitrogen functional groups attached to an aromatic ring is 1. The standard InChI is InChI=1S/C12H18Cl2N2/c1-7(2)8(3)16(4)12-6-10(14)9(13)5-11(12)15/h5-8H,15H2,1-4H3. The van der Waals surface area contributed by atoms with E-state index in [1.54, 1.807) is 6.07 Å². The number of halogens is 2. The van der Waals surface area contributed by atoms with Crippen LogP contribution in [0.1, 0.15) is 20.8 Å². The maximum Gasteiger partial charge on any atom is 0.0615 e. The van der Waals surface area contributed by atoms with Crippen LogP contribution in [0.4, 0.5) is 11.4 Å². The zero-order chi connectivity index (χ0) is 12.5. The molecule has 1 aromatic rings. The molecule has 0 aliphatic rings. The molecule has 0 spiro atoms. The lowest BCUT2D eigenvalue weighted by molar-refractivity contribution is 0.506. The van der Waals surface area contributed by atoms with Crippen molar-refractivity contribution in [2.75, 3.05) is 17.7 Å². The molecule has 90 valence electrons. The van der Waals surface area contributed by atoms with E-state index in [4.69, 9.17) is 28.9 Å². The minimum absolute atomic E-state index is 0.388. The van der Waals surface area contributed by atoms with Gasteiger partial charge in [-0.15, -0.1) is 0 Å². The first kappa shape index (κ1) is 13.5. The summed E-state index contributed by atoms with van der Waals surface area (Å²) < 4.78 is 0. The Bertz CT molecular complexity index is 378. The largest absolute Gasteiger partial charge is 0.397 e. The van der Waals surface area contributed by atoms with Gasteiger partial charge < -0.3 is 10.6 Å². The lowest BCUT2D eigenvalue weighted by atomic mass is 10.0. The van der Waals surface area contributed by atoms with Crippen molar-refractivity contribution in [2.24, 2.45) is 5.92 Å². The first-order chi connectivity index (χ1) is 7.34. The number of anilines is 2. The van der Waals surface area contributed by atoms with E-state index in [9.17, 15) is 0 Å². The predicted molar refractivity (Wildman–Crippen MR) is 73.6 cm³/mol. The van der Waals surface area contributed by atoms with Gasteiger partial charge in [0, 0.05) is 13.1 Å². The monoisotopic (exact) mass is 260 g/mol. The summed E-state index contributed by atoms with van der Waals surface area (Å²) in [7, 11) is 2.01. The molecule has 0 aliphatic heterocycles. The van der Waals surface area contributed by atoms with Crippen LogP contribution in [-0.4, -0.2) is 13.1 Å². The van der Waals surface area contributed by atoms with E-state index < -0.39 is 0 Å². The minimum Gasteiger partial charge on any atom is -0.397 e. The topological polar surface area (TPSA) is 29.3 Å². The molecule has 0 heterocycles. The van der Waals surface area contributed by atoms with Crippen molar-refractivity contribution in [1.29, 1.82) is 0 Å². The Balaban J connectivity index is 3.08. The highest BCUT2D eigenvalue weighted by atomic mass is 35.5. The molecule has 1 unspecified atom stereocenters. The van der Waals surface area contributed by atoms with E-state index in [0.29, 0.717) is 27.7 Å². The number of hydrogen-bond acceptors (Lipinski definition) is 2. The summed E-state index contributed by atoms with van der Waals surface area (Å²) in [5.41, 5.74) is 7.53. The molecule has 2 N–H and O–H groups in total. The molecule has 0 amide bonds. The molecule has 4 heteroatoms. The average Bonchev–Trinajstić information content (AvgIpc) is 2.21. The van der Waals surface area contributed by atoms with Crippen molar-refractivity contribution in [3.05, 3.63) is 22.2 Å². The minimum atomic E-state index is 0.388. The molecule has 0 saturated heterocycles. The van der Waals surface area contributed by atoms with Gasteiger partial charge in [0.05, 0.1) is 21.4 Å². The maximum atomic E-state index is 6.00. The highest BCUT2D eigenvalue weighted by molar-refractivity contribution is 6.42. The summed E-state index contributed by atoms with van der Waals surface area (Å²) in [5.74, 6) is 0.541. The molecule has 1 rings (SSSR count). The van der Waals surface area contributed by atoms with E-state index in [2.05, 4.69) is 25.7 Å². The summed E-state index contributed by atoms with van der Waals surface area (Å²) >= 11 is 11.9. The molecule has 0 fully saturated rings. The Morgan fingerprint density at radius 3 is 2.12 bits per heavy atom. The van der Waals surface area contributed by atoms with Crippen molar-refractivity contribution in [1.82, 2.24) is 0 Å². The van der Waals surface area contributed by atoms with Gasteiger partial charge in [0.25, 0.3) is 0 Å². The van der Waals surface area contributed by atoms with E-state index in [0.717, 1.165) is 5.69 Å². The zero-order valence-corrected chi connectivity index (χ0v) is 11.6. The lowest BCUT2D eigenvalue weighted by Gasteiger charge is -2.31. The van der Waals surface area contributed by atoms with Gasteiger partial charge in [-0.1, -0.05) is 37.0 Å². The average molecular weight is 261 g/mol. The van der Waals surface area contributed by atoms with Crippen molar-refractivity contribution in [3.8, 4) is 0 Å². The van der Waals surface area contributed by atoms with Crippen LogP contribution < -0.4 is 10.6 Å². The molecular weight excluding hydrogens is 243 g/mol. The van der Waals surface area contributed by atoms with E-state index in [-0.39, 0.29) is 0 Å². The van der Waals surface area contributed by atoms with Crippen LogP contribution in [0.2, 0.25) is 10.0 Å². The number of nitrogens with zero attached hydrogens (tertiary/aromatic N) is 1. The molecule has 0 aliphatic carbocycles. The van der Waals surface area contributed by atoms with Crippen molar-refractivity contribution < 1.29 is 0 Å². The van der Waals surface area contributed by atoms with E-state index >= 15 is 0 Å². The summed E-state index contributed by atoms with van der Waals surface area (Å²) in [6.45, 7) is 6.51. The van der Waals surface area contributed by atoms with Gasteiger partial charge in [0.1, 0.15) is 0 Å². The second-order valence-electron chi connectivity index (χ2n) is 4.42. The van der Waals surface area contributed by atoms with Crippen LogP contribution >= 0.6 is 23.2 Å². The summed E-state index contributed by atoms with van der Waals surface area (Å²) in [6.07, 6.45) is 0. The Labute approximate surface area is 107 Å². The predicted octanol–water partition coefficient (Wildman–Crippen LogP) is 4.06.